The van der Waals surface area contributed by atoms with Crippen LogP contribution < -0.4 is 5.32 Å². The molecule has 1 atom stereocenters. The molecule has 2 aromatic rings. The minimum atomic E-state index is 0.128. The lowest BCUT2D eigenvalue weighted by Crippen LogP contribution is -2.19. The maximum atomic E-state index is 5.83. The number of halogens is 2. The fourth-order valence-corrected chi connectivity index (χ4v) is 2.99. The lowest BCUT2D eigenvalue weighted by molar-refractivity contribution is 0.423. The van der Waals surface area contributed by atoms with E-state index < -0.39 is 0 Å². The second kappa shape index (κ2) is 6.68. The average molecular weight is 388 g/mol. The molecule has 102 valence electrons. The number of hydrogen-bond donors (Lipinski definition) is 1. The van der Waals surface area contributed by atoms with Gasteiger partial charge >= 0.3 is 0 Å². The van der Waals surface area contributed by atoms with Crippen molar-refractivity contribution in [2.75, 3.05) is 6.54 Å². The normalized spacial score (nSPS) is 12.6. The first-order chi connectivity index (χ1) is 9.11. The minimum Gasteiger partial charge on any atom is -0.439 e. The van der Waals surface area contributed by atoms with Crippen LogP contribution in [-0.4, -0.2) is 11.5 Å². The number of benzene rings is 1. The van der Waals surface area contributed by atoms with E-state index in [4.69, 9.17) is 4.42 Å². The highest BCUT2D eigenvalue weighted by molar-refractivity contribution is 9.11. The molecule has 2 rings (SSSR count). The Morgan fingerprint density at radius 2 is 2.16 bits per heavy atom. The zero-order valence-corrected chi connectivity index (χ0v) is 14.1. The second-order valence-corrected chi connectivity index (χ2v) is 6.13. The second-order valence-electron chi connectivity index (χ2n) is 4.36. The molecule has 0 aliphatic rings. The first-order valence-corrected chi connectivity index (χ1v) is 7.85. The van der Waals surface area contributed by atoms with Gasteiger partial charge < -0.3 is 9.73 Å². The van der Waals surface area contributed by atoms with E-state index in [-0.39, 0.29) is 6.04 Å². The third-order valence-corrected chi connectivity index (χ3v) is 3.94. The third kappa shape index (κ3) is 3.68. The van der Waals surface area contributed by atoms with Crippen LogP contribution in [0.3, 0.4) is 0 Å². The highest BCUT2D eigenvalue weighted by Crippen LogP contribution is 2.31. The molecule has 1 unspecified atom stereocenters. The van der Waals surface area contributed by atoms with Gasteiger partial charge in [0.25, 0.3) is 0 Å². The van der Waals surface area contributed by atoms with Gasteiger partial charge in [-0.2, -0.15) is 0 Å². The van der Waals surface area contributed by atoms with E-state index in [0.29, 0.717) is 0 Å². The molecule has 1 heterocycles. The molecule has 0 saturated heterocycles. The van der Waals surface area contributed by atoms with Crippen molar-refractivity contribution >= 4 is 31.9 Å². The van der Waals surface area contributed by atoms with Crippen LogP contribution in [0.5, 0.6) is 0 Å². The molecule has 0 aliphatic carbocycles. The summed E-state index contributed by atoms with van der Waals surface area (Å²) in [5, 5.41) is 3.36. The van der Waals surface area contributed by atoms with Crippen LogP contribution >= 0.6 is 31.9 Å². The minimum absolute atomic E-state index is 0.128. The molecule has 0 bridgehead atoms. The van der Waals surface area contributed by atoms with E-state index in [0.717, 1.165) is 39.1 Å². The zero-order chi connectivity index (χ0) is 13.8. The predicted octanol–water partition coefficient (Wildman–Crippen LogP) is 4.93. The lowest BCUT2D eigenvalue weighted by Gasteiger charge is -2.08. The molecule has 1 aromatic heterocycles. The third-order valence-electron chi connectivity index (χ3n) is 2.79. The molecule has 0 aliphatic heterocycles. The predicted molar refractivity (Wildman–Crippen MR) is 84.0 cm³/mol. The van der Waals surface area contributed by atoms with Crippen molar-refractivity contribution in [2.45, 2.75) is 26.3 Å². The summed E-state index contributed by atoms with van der Waals surface area (Å²) in [7, 11) is 0. The Kier molecular flexibility index (Phi) is 5.19. The van der Waals surface area contributed by atoms with Crippen LogP contribution in [-0.2, 0) is 0 Å². The first kappa shape index (κ1) is 14.8. The van der Waals surface area contributed by atoms with Crippen molar-refractivity contribution in [3.63, 3.8) is 0 Å². The molecule has 1 N–H and O–H groups in total. The van der Waals surface area contributed by atoms with Crippen molar-refractivity contribution in [2.24, 2.45) is 0 Å². The molecule has 0 saturated carbocycles. The molecule has 0 amide bonds. The number of nitrogens with zero attached hydrogens (tertiary/aromatic N) is 1. The highest BCUT2D eigenvalue weighted by Gasteiger charge is 2.14. The van der Waals surface area contributed by atoms with Gasteiger partial charge in [-0.3, -0.25) is 0 Å². The Balaban J connectivity index is 2.20. The Hall–Kier alpha value is -0.650. The molecule has 19 heavy (non-hydrogen) atoms. The summed E-state index contributed by atoms with van der Waals surface area (Å²) in [6.45, 7) is 5.16. The highest BCUT2D eigenvalue weighted by atomic mass is 79.9. The summed E-state index contributed by atoms with van der Waals surface area (Å²) in [6, 6.07) is 6.11. The molecule has 1 aromatic carbocycles. The van der Waals surface area contributed by atoms with Crippen molar-refractivity contribution in [1.82, 2.24) is 10.3 Å². The van der Waals surface area contributed by atoms with Gasteiger partial charge in [0.15, 0.2) is 5.76 Å². The van der Waals surface area contributed by atoms with E-state index in [1.807, 2.05) is 18.2 Å². The largest absolute Gasteiger partial charge is 0.439 e. The molecular weight excluding hydrogens is 372 g/mol. The van der Waals surface area contributed by atoms with Crippen molar-refractivity contribution in [3.8, 4) is 11.3 Å². The quantitative estimate of drug-likeness (QED) is 0.790. The van der Waals surface area contributed by atoms with Crippen molar-refractivity contribution in [3.05, 3.63) is 39.2 Å². The summed E-state index contributed by atoms with van der Waals surface area (Å²) in [5.41, 5.74) is 1.00. The monoisotopic (exact) mass is 386 g/mol. The maximum Gasteiger partial charge on any atom is 0.211 e. The van der Waals surface area contributed by atoms with Crippen LogP contribution in [0.2, 0.25) is 0 Å². The number of aromatic nitrogens is 1. The van der Waals surface area contributed by atoms with E-state index in [2.05, 4.69) is 56.0 Å². The number of hydrogen-bond acceptors (Lipinski definition) is 3. The Morgan fingerprint density at radius 3 is 2.84 bits per heavy atom. The van der Waals surface area contributed by atoms with Gasteiger partial charge in [0.1, 0.15) is 0 Å². The molecule has 0 fully saturated rings. The van der Waals surface area contributed by atoms with Gasteiger partial charge in [0.05, 0.1) is 12.2 Å². The summed E-state index contributed by atoms with van der Waals surface area (Å²) in [5.74, 6) is 1.50. The van der Waals surface area contributed by atoms with Crippen LogP contribution in [0.25, 0.3) is 11.3 Å². The number of nitrogens with one attached hydrogen (secondary N) is 1. The van der Waals surface area contributed by atoms with Crippen LogP contribution in [0.15, 0.2) is 37.8 Å². The van der Waals surface area contributed by atoms with Gasteiger partial charge in [0, 0.05) is 14.5 Å². The van der Waals surface area contributed by atoms with Crippen molar-refractivity contribution in [1.29, 1.82) is 0 Å². The maximum absolute atomic E-state index is 5.83. The summed E-state index contributed by atoms with van der Waals surface area (Å²) >= 11 is 6.98. The molecule has 5 heteroatoms. The Labute approximate surface area is 130 Å². The van der Waals surface area contributed by atoms with Gasteiger partial charge in [-0.25, -0.2) is 4.98 Å². The smallest absolute Gasteiger partial charge is 0.211 e. The Bertz CT molecular complexity index is 554. The fourth-order valence-electron chi connectivity index (χ4n) is 1.75. The summed E-state index contributed by atoms with van der Waals surface area (Å²) in [6.07, 6.45) is 2.86. The van der Waals surface area contributed by atoms with Gasteiger partial charge in [-0.15, -0.1) is 0 Å². The SMILES string of the molecule is CCCNC(C)c1ncc(-c2ccc(Br)cc2Br)o1. The van der Waals surface area contributed by atoms with Crippen LogP contribution in [0.4, 0.5) is 0 Å². The van der Waals surface area contributed by atoms with E-state index in [9.17, 15) is 0 Å². The van der Waals surface area contributed by atoms with Gasteiger partial charge in [-0.05, 0) is 54.0 Å². The number of rotatable bonds is 5. The van der Waals surface area contributed by atoms with Crippen LogP contribution in [0, 0.1) is 0 Å². The van der Waals surface area contributed by atoms with E-state index in [1.54, 1.807) is 6.20 Å². The molecular formula is C14H16Br2N2O. The van der Waals surface area contributed by atoms with Crippen LogP contribution in [0.1, 0.15) is 32.2 Å². The van der Waals surface area contributed by atoms with Gasteiger partial charge in [-0.1, -0.05) is 22.9 Å². The molecule has 0 spiro atoms. The molecule has 0 radical (unpaired) electrons. The topological polar surface area (TPSA) is 38.1 Å². The van der Waals surface area contributed by atoms with E-state index in [1.165, 1.54) is 0 Å². The summed E-state index contributed by atoms with van der Waals surface area (Å²) < 4.78 is 7.84. The summed E-state index contributed by atoms with van der Waals surface area (Å²) in [4.78, 5) is 4.35. The standard InChI is InChI=1S/C14H16Br2N2O/c1-3-6-17-9(2)14-18-8-13(19-14)11-5-4-10(15)7-12(11)16/h4-5,7-9,17H,3,6H2,1-2H3. The molecule has 3 nitrogen and oxygen atoms in total. The first-order valence-electron chi connectivity index (χ1n) is 6.26. The lowest BCUT2D eigenvalue weighted by atomic mass is 10.2. The zero-order valence-electron chi connectivity index (χ0n) is 10.9. The van der Waals surface area contributed by atoms with E-state index >= 15 is 0 Å². The van der Waals surface area contributed by atoms with Crippen molar-refractivity contribution < 1.29 is 4.42 Å². The van der Waals surface area contributed by atoms with Gasteiger partial charge in [0.2, 0.25) is 5.89 Å². The average Bonchev–Trinajstić information content (AvgIpc) is 2.85. The number of oxazole rings is 1. The fraction of sp³-hybridized carbons (Fsp3) is 0.357. The Morgan fingerprint density at radius 1 is 1.37 bits per heavy atom.